The summed E-state index contributed by atoms with van der Waals surface area (Å²) < 4.78 is 5.55. The number of anilines is 1. The van der Waals surface area contributed by atoms with Crippen molar-refractivity contribution in [3.8, 4) is 0 Å². The predicted octanol–water partition coefficient (Wildman–Crippen LogP) is 2.47. The lowest BCUT2D eigenvalue weighted by molar-refractivity contribution is -0.126. The SMILES string of the molecule is CNC(C)c1ccc(NC(=O)C2CCC(C)O2)cc1. The minimum Gasteiger partial charge on any atom is -0.365 e. The monoisotopic (exact) mass is 262 g/mol. The first-order chi connectivity index (χ1) is 9.10. The molecule has 4 heteroatoms. The molecule has 0 aliphatic carbocycles. The Morgan fingerprint density at radius 2 is 2.00 bits per heavy atom. The average Bonchev–Trinajstić information content (AvgIpc) is 2.85. The second kappa shape index (κ2) is 6.17. The first kappa shape index (κ1) is 14.0. The molecule has 1 amide bonds. The molecule has 2 rings (SSSR count). The van der Waals surface area contributed by atoms with Crippen molar-refractivity contribution in [2.24, 2.45) is 0 Å². The number of carbonyl (C=O) groups excluding carboxylic acids is 1. The van der Waals surface area contributed by atoms with Crippen LogP contribution in [0.2, 0.25) is 0 Å². The Balaban J connectivity index is 1.94. The Morgan fingerprint density at radius 3 is 2.53 bits per heavy atom. The molecule has 1 saturated heterocycles. The van der Waals surface area contributed by atoms with Crippen molar-refractivity contribution < 1.29 is 9.53 Å². The van der Waals surface area contributed by atoms with Crippen LogP contribution in [0.1, 0.15) is 38.3 Å². The molecular weight excluding hydrogens is 240 g/mol. The van der Waals surface area contributed by atoms with Crippen molar-refractivity contribution in [1.29, 1.82) is 0 Å². The lowest BCUT2D eigenvalue weighted by Crippen LogP contribution is -2.27. The van der Waals surface area contributed by atoms with Crippen molar-refractivity contribution in [3.63, 3.8) is 0 Å². The molecule has 1 aliphatic rings. The van der Waals surface area contributed by atoms with Gasteiger partial charge in [-0.15, -0.1) is 0 Å². The number of amides is 1. The van der Waals surface area contributed by atoms with Gasteiger partial charge in [0.25, 0.3) is 5.91 Å². The van der Waals surface area contributed by atoms with Gasteiger partial charge in [0.1, 0.15) is 6.10 Å². The molecule has 0 aromatic heterocycles. The van der Waals surface area contributed by atoms with E-state index in [4.69, 9.17) is 4.74 Å². The topological polar surface area (TPSA) is 50.4 Å². The van der Waals surface area contributed by atoms with E-state index in [0.29, 0.717) is 6.04 Å². The highest BCUT2D eigenvalue weighted by Crippen LogP contribution is 2.21. The molecule has 1 heterocycles. The fourth-order valence-electron chi connectivity index (χ4n) is 2.24. The van der Waals surface area contributed by atoms with Gasteiger partial charge in [-0.3, -0.25) is 4.79 Å². The van der Waals surface area contributed by atoms with Crippen molar-refractivity contribution in [2.75, 3.05) is 12.4 Å². The Labute approximate surface area is 114 Å². The zero-order valence-corrected chi connectivity index (χ0v) is 11.8. The summed E-state index contributed by atoms with van der Waals surface area (Å²) >= 11 is 0. The van der Waals surface area contributed by atoms with Crippen molar-refractivity contribution in [3.05, 3.63) is 29.8 Å². The number of hydrogen-bond acceptors (Lipinski definition) is 3. The van der Waals surface area contributed by atoms with Crippen LogP contribution in [-0.2, 0) is 9.53 Å². The fourth-order valence-corrected chi connectivity index (χ4v) is 2.24. The quantitative estimate of drug-likeness (QED) is 0.876. The molecule has 0 bridgehead atoms. The summed E-state index contributed by atoms with van der Waals surface area (Å²) in [5, 5.41) is 6.09. The van der Waals surface area contributed by atoms with E-state index >= 15 is 0 Å². The highest BCUT2D eigenvalue weighted by molar-refractivity contribution is 5.94. The number of nitrogens with one attached hydrogen (secondary N) is 2. The third-order valence-corrected chi connectivity index (χ3v) is 3.64. The van der Waals surface area contributed by atoms with E-state index in [2.05, 4.69) is 17.6 Å². The van der Waals surface area contributed by atoms with Crippen LogP contribution in [0.3, 0.4) is 0 Å². The van der Waals surface area contributed by atoms with Gasteiger partial charge >= 0.3 is 0 Å². The third-order valence-electron chi connectivity index (χ3n) is 3.64. The number of rotatable bonds is 4. The number of carbonyl (C=O) groups is 1. The summed E-state index contributed by atoms with van der Waals surface area (Å²) in [5.41, 5.74) is 2.02. The van der Waals surface area contributed by atoms with Crippen LogP contribution in [0.5, 0.6) is 0 Å². The molecule has 1 fully saturated rings. The standard InChI is InChI=1S/C15H22N2O2/c1-10-4-9-14(19-10)15(18)17-13-7-5-12(6-8-13)11(2)16-3/h5-8,10-11,14,16H,4,9H2,1-3H3,(H,17,18). The van der Waals surface area contributed by atoms with Crippen LogP contribution >= 0.6 is 0 Å². The Hall–Kier alpha value is -1.39. The summed E-state index contributed by atoms with van der Waals surface area (Å²) in [6.45, 7) is 4.10. The lowest BCUT2D eigenvalue weighted by atomic mass is 10.1. The van der Waals surface area contributed by atoms with Crippen molar-refractivity contribution >= 4 is 11.6 Å². The first-order valence-corrected chi connectivity index (χ1v) is 6.83. The summed E-state index contributed by atoms with van der Waals surface area (Å²) in [6.07, 6.45) is 1.65. The molecule has 1 aliphatic heterocycles. The molecule has 3 unspecified atom stereocenters. The molecule has 3 atom stereocenters. The van der Waals surface area contributed by atoms with Crippen LogP contribution in [-0.4, -0.2) is 25.2 Å². The van der Waals surface area contributed by atoms with Crippen molar-refractivity contribution in [2.45, 2.75) is 44.9 Å². The minimum absolute atomic E-state index is 0.0428. The Morgan fingerprint density at radius 1 is 1.32 bits per heavy atom. The number of benzene rings is 1. The second-order valence-corrected chi connectivity index (χ2v) is 5.13. The Kier molecular flexibility index (Phi) is 4.56. The smallest absolute Gasteiger partial charge is 0.253 e. The summed E-state index contributed by atoms with van der Waals surface area (Å²) in [4.78, 5) is 12.0. The second-order valence-electron chi connectivity index (χ2n) is 5.13. The number of hydrogen-bond donors (Lipinski definition) is 2. The largest absolute Gasteiger partial charge is 0.365 e. The highest BCUT2D eigenvalue weighted by atomic mass is 16.5. The zero-order valence-electron chi connectivity index (χ0n) is 11.8. The van der Waals surface area contributed by atoms with Gasteiger partial charge in [-0.25, -0.2) is 0 Å². The summed E-state index contributed by atoms with van der Waals surface area (Å²) in [7, 11) is 1.93. The van der Waals surface area contributed by atoms with Crippen molar-refractivity contribution in [1.82, 2.24) is 5.32 Å². The molecule has 0 spiro atoms. The molecule has 104 valence electrons. The molecule has 1 aromatic rings. The molecule has 4 nitrogen and oxygen atoms in total. The average molecular weight is 262 g/mol. The van der Waals surface area contributed by atoms with Gasteiger partial charge < -0.3 is 15.4 Å². The molecule has 1 aromatic carbocycles. The normalized spacial score (nSPS) is 24.2. The van der Waals surface area contributed by atoms with Crippen LogP contribution in [0.25, 0.3) is 0 Å². The van der Waals surface area contributed by atoms with Crippen LogP contribution in [0.4, 0.5) is 5.69 Å². The van der Waals surface area contributed by atoms with E-state index in [-0.39, 0.29) is 18.1 Å². The first-order valence-electron chi connectivity index (χ1n) is 6.83. The molecular formula is C15H22N2O2. The molecule has 19 heavy (non-hydrogen) atoms. The summed E-state index contributed by atoms with van der Waals surface area (Å²) in [5.74, 6) is -0.0428. The maximum absolute atomic E-state index is 12.0. The van der Waals surface area contributed by atoms with E-state index in [0.717, 1.165) is 18.5 Å². The molecule has 2 N–H and O–H groups in total. The zero-order chi connectivity index (χ0) is 13.8. The lowest BCUT2D eigenvalue weighted by Gasteiger charge is -2.13. The Bertz CT molecular complexity index is 430. The van der Waals surface area contributed by atoms with Gasteiger partial charge in [-0.1, -0.05) is 12.1 Å². The number of ether oxygens (including phenoxy) is 1. The van der Waals surface area contributed by atoms with Gasteiger partial charge in [0.05, 0.1) is 6.10 Å². The maximum atomic E-state index is 12.0. The van der Waals surface area contributed by atoms with Gasteiger partial charge in [0, 0.05) is 11.7 Å². The van der Waals surface area contributed by atoms with E-state index < -0.39 is 0 Å². The maximum Gasteiger partial charge on any atom is 0.253 e. The van der Waals surface area contributed by atoms with Gasteiger partial charge in [0.2, 0.25) is 0 Å². The molecule has 0 saturated carbocycles. The van der Waals surface area contributed by atoms with Crippen LogP contribution < -0.4 is 10.6 Å². The van der Waals surface area contributed by atoms with Gasteiger partial charge in [0.15, 0.2) is 0 Å². The molecule has 0 radical (unpaired) electrons. The van der Waals surface area contributed by atoms with E-state index in [9.17, 15) is 4.79 Å². The fraction of sp³-hybridized carbons (Fsp3) is 0.533. The highest BCUT2D eigenvalue weighted by Gasteiger charge is 2.28. The minimum atomic E-state index is -0.300. The van der Waals surface area contributed by atoms with E-state index in [1.165, 1.54) is 5.56 Å². The predicted molar refractivity (Wildman–Crippen MR) is 76.1 cm³/mol. The van der Waals surface area contributed by atoms with Gasteiger partial charge in [-0.05, 0) is 51.4 Å². The van der Waals surface area contributed by atoms with E-state index in [1.807, 2.05) is 38.2 Å². The van der Waals surface area contributed by atoms with Crippen LogP contribution in [0.15, 0.2) is 24.3 Å². The van der Waals surface area contributed by atoms with E-state index in [1.54, 1.807) is 0 Å². The van der Waals surface area contributed by atoms with Crippen LogP contribution in [0, 0.1) is 0 Å². The third kappa shape index (κ3) is 3.55. The summed E-state index contributed by atoms with van der Waals surface area (Å²) in [6, 6.07) is 8.21. The van der Waals surface area contributed by atoms with Gasteiger partial charge in [-0.2, -0.15) is 0 Å².